The lowest BCUT2D eigenvalue weighted by Gasteiger charge is -2.10. The lowest BCUT2D eigenvalue weighted by molar-refractivity contribution is -0.121. The fourth-order valence-electron chi connectivity index (χ4n) is 2.28. The van der Waals surface area contributed by atoms with Crippen molar-refractivity contribution in [2.75, 3.05) is 24.7 Å². The van der Waals surface area contributed by atoms with E-state index < -0.39 is 9.84 Å². The first-order valence-electron chi connectivity index (χ1n) is 6.80. The third-order valence-electron chi connectivity index (χ3n) is 3.29. The van der Waals surface area contributed by atoms with Gasteiger partial charge in [-0.15, -0.1) is 0 Å². The molecular formula is C14H18ClNO4S. The monoisotopic (exact) mass is 331 g/mol. The number of benzene rings is 1. The van der Waals surface area contributed by atoms with Crippen molar-refractivity contribution in [2.24, 2.45) is 5.92 Å². The predicted molar refractivity (Wildman–Crippen MR) is 81.3 cm³/mol. The van der Waals surface area contributed by atoms with Crippen molar-refractivity contribution in [2.45, 2.75) is 12.8 Å². The molecule has 1 aliphatic heterocycles. The van der Waals surface area contributed by atoms with E-state index in [0.717, 1.165) is 0 Å². The Hall–Kier alpha value is -1.27. The van der Waals surface area contributed by atoms with Crippen LogP contribution in [0.5, 0.6) is 5.75 Å². The molecule has 0 bridgehead atoms. The van der Waals surface area contributed by atoms with E-state index in [2.05, 4.69) is 5.32 Å². The number of hydrogen-bond acceptors (Lipinski definition) is 4. The van der Waals surface area contributed by atoms with Crippen LogP contribution in [0.2, 0.25) is 5.02 Å². The van der Waals surface area contributed by atoms with Crippen molar-refractivity contribution < 1.29 is 17.9 Å². The number of hydrogen-bond donors (Lipinski definition) is 1. The summed E-state index contributed by atoms with van der Waals surface area (Å²) < 4.78 is 28.1. The molecule has 0 aromatic heterocycles. The number of rotatable bonds is 6. The van der Waals surface area contributed by atoms with Gasteiger partial charge in [-0.05, 0) is 30.5 Å². The molecule has 1 atom stereocenters. The van der Waals surface area contributed by atoms with Gasteiger partial charge in [0.1, 0.15) is 12.4 Å². The van der Waals surface area contributed by atoms with E-state index in [1.165, 1.54) is 0 Å². The normalized spacial score (nSPS) is 20.1. The van der Waals surface area contributed by atoms with E-state index in [0.29, 0.717) is 30.3 Å². The van der Waals surface area contributed by atoms with Gasteiger partial charge < -0.3 is 10.1 Å². The van der Waals surface area contributed by atoms with Crippen molar-refractivity contribution in [1.82, 2.24) is 5.32 Å². The van der Waals surface area contributed by atoms with Crippen LogP contribution in [0.3, 0.4) is 0 Å². The maximum Gasteiger partial charge on any atom is 0.220 e. The Morgan fingerprint density at radius 3 is 2.90 bits per heavy atom. The molecule has 1 aromatic carbocycles. The Morgan fingerprint density at radius 2 is 2.24 bits per heavy atom. The Kier molecular flexibility index (Phi) is 5.47. The quantitative estimate of drug-likeness (QED) is 0.805. The van der Waals surface area contributed by atoms with E-state index in [9.17, 15) is 13.2 Å². The summed E-state index contributed by atoms with van der Waals surface area (Å²) in [4.78, 5) is 11.7. The van der Waals surface area contributed by atoms with Crippen molar-refractivity contribution in [3.8, 4) is 5.75 Å². The number of amides is 1. The second-order valence-corrected chi connectivity index (χ2v) is 7.79. The summed E-state index contributed by atoms with van der Waals surface area (Å²) in [5.74, 6) is 0.789. The summed E-state index contributed by atoms with van der Waals surface area (Å²) >= 11 is 5.83. The topological polar surface area (TPSA) is 72.5 Å². The molecule has 5 nitrogen and oxygen atoms in total. The minimum atomic E-state index is -2.92. The van der Waals surface area contributed by atoms with Crippen LogP contribution >= 0.6 is 11.6 Å². The minimum absolute atomic E-state index is 0.0520. The number of carbonyl (C=O) groups excluding carboxylic acids is 1. The molecule has 21 heavy (non-hydrogen) atoms. The summed E-state index contributed by atoms with van der Waals surface area (Å²) in [6.45, 7) is 0.722. The molecule has 7 heteroatoms. The van der Waals surface area contributed by atoms with E-state index in [4.69, 9.17) is 16.3 Å². The zero-order valence-corrected chi connectivity index (χ0v) is 13.1. The van der Waals surface area contributed by atoms with Crippen molar-refractivity contribution in [3.63, 3.8) is 0 Å². The van der Waals surface area contributed by atoms with Crippen molar-refractivity contribution in [1.29, 1.82) is 0 Å². The summed E-state index contributed by atoms with van der Waals surface area (Å²) in [5.41, 5.74) is 0. The number of halogens is 1. The van der Waals surface area contributed by atoms with Crippen LogP contribution in [-0.2, 0) is 14.6 Å². The van der Waals surface area contributed by atoms with Gasteiger partial charge in [0.05, 0.1) is 18.1 Å². The molecule has 0 unspecified atom stereocenters. The van der Waals surface area contributed by atoms with Crippen LogP contribution in [0, 0.1) is 5.92 Å². The van der Waals surface area contributed by atoms with Gasteiger partial charge in [-0.1, -0.05) is 17.7 Å². The fraction of sp³-hybridized carbons (Fsp3) is 0.500. The molecule has 1 N–H and O–H groups in total. The lowest BCUT2D eigenvalue weighted by atomic mass is 10.1. The van der Waals surface area contributed by atoms with Crippen LogP contribution in [-0.4, -0.2) is 39.0 Å². The van der Waals surface area contributed by atoms with Gasteiger partial charge >= 0.3 is 0 Å². The summed E-state index contributed by atoms with van der Waals surface area (Å²) in [7, 11) is -2.92. The SMILES string of the molecule is O=C(C[C@H]1CCS(=O)(=O)C1)NCCOc1cccc(Cl)c1. The first kappa shape index (κ1) is 16.1. The van der Waals surface area contributed by atoms with E-state index >= 15 is 0 Å². The van der Waals surface area contributed by atoms with Crippen LogP contribution in [0.25, 0.3) is 0 Å². The van der Waals surface area contributed by atoms with Gasteiger partial charge in [-0.25, -0.2) is 8.42 Å². The average Bonchev–Trinajstić information content (AvgIpc) is 2.74. The molecule has 2 rings (SSSR count). The molecule has 1 saturated heterocycles. The number of sulfone groups is 1. The molecule has 1 aliphatic rings. The highest BCUT2D eigenvalue weighted by Gasteiger charge is 2.29. The second-order valence-electron chi connectivity index (χ2n) is 5.13. The number of carbonyl (C=O) groups is 1. The molecule has 1 heterocycles. The standard InChI is InChI=1S/C14H18ClNO4S/c15-12-2-1-3-13(9-12)20-6-5-16-14(17)8-11-4-7-21(18,19)10-11/h1-3,9,11H,4-8,10H2,(H,16,17)/t11-/m1/s1. The Bertz CT molecular complexity index is 603. The maximum absolute atomic E-state index is 11.7. The van der Waals surface area contributed by atoms with Crippen LogP contribution in [0.4, 0.5) is 0 Å². The smallest absolute Gasteiger partial charge is 0.220 e. The van der Waals surface area contributed by atoms with Gasteiger partial charge in [-0.3, -0.25) is 4.79 Å². The molecule has 0 radical (unpaired) electrons. The van der Waals surface area contributed by atoms with Gasteiger partial charge in [0.25, 0.3) is 0 Å². The highest BCUT2D eigenvalue weighted by molar-refractivity contribution is 7.91. The summed E-state index contributed by atoms with van der Waals surface area (Å²) in [6.07, 6.45) is 0.838. The van der Waals surface area contributed by atoms with Gasteiger partial charge in [0.2, 0.25) is 5.91 Å². The third kappa shape index (κ3) is 5.55. The molecular weight excluding hydrogens is 314 g/mol. The zero-order chi connectivity index (χ0) is 15.3. The van der Waals surface area contributed by atoms with Gasteiger partial charge in [0.15, 0.2) is 9.84 Å². The van der Waals surface area contributed by atoms with Crippen molar-refractivity contribution >= 4 is 27.3 Å². The Labute approximate surface area is 129 Å². The second kappa shape index (κ2) is 7.13. The predicted octanol–water partition coefficient (Wildman–Crippen LogP) is 1.66. The summed E-state index contributed by atoms with van der Waals surface area (Å²) in [5, 5.41) is 3.33. The summed E-state index contributed by atoms with van der Waals surface area (Å²) in [6, 6.07) is 7.03. The lowest BCUT2D eigenvalue weighted by Crippen LogP contribution is -2.29. The molecule has 116 valence electrons. The fourth-order valence-corrected chi connectivity index (χ4v) is 4.33. The van der Waals surface area contributed by atoms with Crippen molar-refractivity contribution in [3.05, 3.63) is 29.3 Å². The third-order valence-corrected chi connectivity index (χ3v) is 5.36. The maximum atomic E-state index is 11.7. The average molecular weight is 332 g/mol. The Balaban J connectivity index is 1.64. The molecule has 1 aromatic rings. The minimum Gasteiger partial charge on any atom is -0.492 e. The van der Waals surface area contributed by atoms with Gasteiger partial charge in [0, 0.05) is 11.4 Å². The van der Waals surface area contributed by atoms with Crippen LogP contribution in [0.15, 0.2) is 24.3 Å². The molecule has 0 spiro atoms. The Morgan fingerprint density at radius 1 is 1.43 bits per heavy atom. The van der Waals surface area contributed by atoms with Crippen LogP contribution < -0.4 is 10.1 Å². The van der Waals surface area contributed by atoms with E-state index in [-0.39, 0.29) is 29.8 Å². The highest BCUT2D eigenvalue weighted by Crippen LogP contribution is 2.21. The van der Waals surface area contributed by atoms with E-state index in [1.54, 1.807) is 24.3 Å². The molecule has 1 fully saturated rings. The van der Waals surface area contributed by atoms with E-state index in [1.807, 2.05) is 0 Å². The highest BCUT2D eigenvalue weighted by atomic mass is 35.5. The number of ether oxygens (including phenoxy) is 1. The first-order valence-corrected chi connectivity index (χ1v) is 9.00. The number of nitrogens with one attached hydrogen (secondary N) is 1. The van der Waals surface area contributed by atoms with Gasteiger partial charge in [-0.2, -0.15) is 0 Å². The molecule has 1 amide bonds. The molecule has 0 saturated carbocycles. The first-order chi connectivity index (χ1) is 9.94. The van der Waals surface area contributed by atoms with Crippen LogP contribution in [0.1, 0.15) is 12.8 Å². The zero-order valence-electron chi connectivity index (χ0n) is 11.5. The molecule has 0 aliphatic carbocycles. The largest absolute Gasteiger partial charge is 0.492 e.